The van der Waals surface area contributed by atoms with Gasteiger partial charge in [0, 0.05) is 18.4 Å². The molecule has 124 valence electrons. The quantitative estimate of drug-likeness (QED) is 0.760. The van der Waals surface area contributed by atoms with Crippen molar-refractivity contribution in [2.45, 2.75) is 43.3 Å². The van der Waals surface area contributed by atoms with Crippen molar-refractivity contribution in [2.75, 3.05) is 31.3 Å². The molecule has 2 rings (SSSR count). The zero-order valence-electron chi connectivity index (χ0n) is 11.7. The molecule has 2 aliphatic heterocycles. The van der Waals surface area contributed by atoms with E-state index < -0.39 is 25.0 Å². The first-order valence-electron chi connectivity index (χ1n) is 7.06. The van der Waals surface area contributed by atoms with E-state index in [-0.39, 0.29) is 18.1 Å². The highest BCUT2D eigenvalue weighted by Gasteiger charge is 2.43. The number of hydrogen-bond acceptors (Lipinski definition) is 4. The van der Waals surface area contributed by atoms with Gasteiger partial charge in [-0.2, -0.15) is 20.5 Å². The first-order chi connectivity index (χ1) is 9.85. The van der Waals surface area contributed by atoms with Crippen molar-refractivity contribution in [3.8, 4) is 0 Å². The number of halogens is 4. The average molecular weight is 331 g/mol. The fourth-order valence-corrected chi connectivity index (χ4v) is 4.20. The number of alkyl halides is 4. The molecule has 1 spiro atoms. The van der Waals surface area contributed by atoms with Crippen LogP contribution in [0.25, 0.3) is 0 Å². The lowest BCUT2D eigenvalue weighted by atomic mass is 9.82. The molecule has 0 aromatic rings. The largest absolute Gasteiger partial charge is 0.374 e. The molecule has 0 bridgehead atoms. The Balaban J connectivity index is 1.76. The number of hydrogen-bond donors (Lipinski definition) is 1. The summed E-state index contributed by atoms with van der Waals surface area (Å²) in [7, 11) is 0. The predicted molar refractivity (Wildman–Crippen MR) is 73.1 cm³/mol. The van der Waals surface area contributed by atoms with E-state index in [4.69, 9.17) is 15.2 Å². The van der Waals surface area contributed by atoms with Gasteiger partial charge in [-0.1, -0.05) is 0 Å². The molecule has 3 unspecified atom stereocenters. The molecule has 2 fully saturated rings. The number of ether oxygens (including phenoxy) is 2. The van der Waals surface area contributed by atoms with Crippen LogP contribution in [0, 0.1) is 5.92 Å². The van der Waals surface area contributed by atoms with Crippen LogP contribution in [0.2, 0.25) is 0 Å². The standard InChI is InChI=1S/C13H21F4NO2S/c14-11(15)13(16,17)7-19-6-10(18)9-1-3-20-12(5-9)2-4-21-8-12/h9-11H,1-8,18H2. The Morgan fingerprint density at radius 3 is 2.81 bits per heavy atom. The van der Waals surface area contributed by atoms with Gasteiger partial charge in [0.2, 0.25) is 0 Å². The minimum absolute atomic E-state index is 0.123. The van der Waals surface area contributed by atoms with Crippen molar-refractivity contribution in [1.82, 2.24) is 0 Å². The molecule has 2 heterocycles. The molecule has 3 nitrogen and oxygen atoms in total. The Morgan fingerprint density at radius 1 is 1.43 bits per heavy atom. The van der Waals surface area contributed by atoms with Crippen molar-refractivity contribution < 1.29 is 27.0 Å². The van der Waals surface area contributed by atoms with Crippen molar-refractivity contribution in [3.63, 3.8) is 0 Å². The van der Waals surface area contributed by atoms with Crippen LogP contribution in [0.4, 0.5) is 17.6 Å². The predicted octanol–water partition coefficient (Wildman–Crippen LogP) is 2.53. The van der Waals surface area contributed by atoms with Gasteiger partial charge in [-0.25, -0.2) is 8.78 Å². The molecule has 3 atom stereocenters. The molecule has 21 heavy (non-hydrogen) atoms. The molecule has 0 aliphatic carbocycles. The van der Waals surface area contributed by atoms with Gasteiger partial charge >= 0.3 is 12.3 Å². The molecular weight excluding hydrogens is 310 g/mol. The van der Waals surface area contributed by atoms with Crippen molar-refractivity contribution in [1.29, 1.82) is 0 Å². The van der Waals surface area contributed by atoms with Gasteiger partial charge in [0.1, 0.15) is 6.61 Å². The van der Waals surface area contributed by atoms with E-state index in [0.29, 0.717) is 6.61 Å². The van der Waals surface area contributed by atoms with E-state index in [2.05, 4.69) is 0 Å². The Hall–Kier alpha value is -0.0500. The third-order valence-electron chi connectivity index (χ3n) is 4.13. The second-order valence-corrected chi connectivity index (χ2v) is 6.93. The second kappa shape index (κ2) is 7.02. The first kappa shape index (κ1) is 17.3. The van der Waals surface area contributed by atoms with E-state index in [1.165, 1.54) is 0 Å². The summed E-state index contributed by atoms with van der Waals surface area (Å²) in [6.07, 6.45) is -1.20. The Kier molecular flexibility index (Phi) is 5.78. The van der Waals surface area contributed by atoms with Gasteiger partial charge in [0.25, 0.3) is 0 Å². The number of thioether (sulfide) groups is 1. The molecule has 0 saturated carbocycles. The highest BCUT2D eigenvalue weighted by molar-refractivity contribution is 7.99. The summed E-state index contributed by atoms with van der Waals surface area (Å²) < 4.78 is 60.1. The van der Waals surface area contributed by atoms with Gasteiger partial charge in [-0.05, 0) is 30.9 Å². The van der Waals surface area contributed by atoms with Crippen molar-refractivity contribution in [2.24, 2.45) is 11.7 Å². The fraction of sp³-hybridized carbons (Fsp3) is 1.00. The van der Waals surface area contributed by atoms with Gasteiger partial charge in [-0.3, -0.25) is 0 Å². The summed E-state index contributed by atoms with van der Waals surface area (Å²) in [5.41, 5.74) is 5.84. The van der Waals surface area contributed by atoms with Crippen LogP contribution in [-0.4, -0.2) is 55.3 Å². The lowest BCUT2D eigenvalue weighted by Gasteiger charge is -2.40. The van der Waals surface area contributed by atoms with Gasteiger partial charge in [0.05, 0.1) is 12.2 Å². The maximum Gasteiger partial charge on any atom is 0.330 e. The molecule has 2 saturated heterocycles. The van der Waals surface area contributed by atoms with Crippen LogP contribution >= 0.6 is 11.8 Å². The highest BCUT2D eigenvalue weighted by atomic mass is 32.2. The fourth-order valence-electron chi connectivity index (χ4n) is 2.82. The molecule has 8 heteroatoms. The van der Waals surface area contributed by atoms with Crippen LogP contribution in [0.3, 0.4) is 0 Å². The maximum atomic E-state index is 12.7. The molecule has 0 radical (unpaired) electrons. The summed E-state index contributed by atoms with van der Waals surface area (Å²) in [6, 6.07) is -0.426. The monoisotopic (exact) mass is 331 g/mol. The summed E-state index contributed by atoms with van der Waals surface area (Å²) in [5.74, 6) is -2.00. The van der Waals surface area contributed by atoms with E-state index in [9.17, 15) is 17.6 Å². The zero-order chi connectivity index (χ0) is 15.5. The topological polar surface area (TPSA) is 44.5 Å². The minimum Gasteiger partial charge on any atom is -0.374 e. The third-order valence-corrected chi connectivity index (χ3v) is 5.35. The summed E-state index contributed by atoms with van der Waals surface area (Å²) in [5, 5.41) is 0. The number of rotatable bonds is 6. The molecule has 2 aliphatic rings. The average Bonchev–Trinajstić information content (AvgIpc) is 2.86. The van der Waals surface area contributed by atoms with Crippen LogP contribution in [0.1, 0.15) is 19.3 Å². The summed E-state index contributed by atoms with van der Waals surface area (Å²) in [4.78, 5) is 0. The van der Waals surface area contributed by atoms with Crippen LogP contribution in [0.5, 0.6) is 0 Å². The second-order valence-electron chi connectivity index (χ2n) is 5.83. The first-order valence-corrected chi connectivity index (χ1v) is 8.21. The lowest BCUT2D eigenvalue weighted by molar-refractivity contribution is -0.168. The Labute approximate surface area is 125 Å². The summed E-state index contributed by atoms with van der Waals surface area (Å²) in [6.45, 7) is -0.815. The molecule has 0 amide bonds. The van der Waals surface area contributed by atoms with Gasteiger partial charge in [-0.15, -0.1) is 0 Å². The highest BCUT2D eigenvalue weighted by Crippen LogP contribution is 2.41. The SMILES string of the molecule is NC(COCC(F)(F)C(F)F)C1CCOC2(CCSC2)C1. The van der Waals surface area contributed by atoms with E-state index in [1.54, 1.807) is 0 Å². The summed E-state index contributed by atoms with van der Waals surface area (Å²) >= 11 is 1.84. The van der Waals surface area contributed by atoms with E-state index >= 15 is 0 Å². The Bertz CT molecular complexity index is 340. The third kappa shape index (κ3) is 4.46. The van der Waals surface area contributed by atoms with Crippen molar-refractivity contribution in [3.05, 3.63) is 0 Å². The van der Waals surface area contributed by atoms with Gasteiger partial charge < -0.3 is 15.2 Å². The van der Waals surface area contributed by atoms with E-state index in [1.807, 2.05) is 11.8 Å². The number of nitrogens with two attached hydrogens (primary N) is 1. The van der Waals surface area contributed by atoms with Crippen LogP contribution in [0.15, 0.2) is 0 Å². The molecule has 0 aromatic heterocycles. The molecule has 0 aromatic carbocycles. The van der Waals surface area contributed by atoms with Crippen LogP contribution < -0.4 is 5.73 Å². The maximum absolute atomic E-state index is 12.7. The minimum atomic E-state index is -4.11. The molecular formula is C13H21F4NO2S. The zero-order valence-corrected chi connectivity index (χ0v) is 12.5. The van der Waals surface area contributed by atoms with Gasteiger partial charge in [0.15, 0.2) is 0 Å². The van der Waals surface area contributed by atoms with Crippen molar-refractivity contribution >= 4 is 11.8 Å². The normalized spacial score (nSPS) is 32.0. The lowest BCUT2D eigenvalue weighted by Crippen LogP contribution is -2.47. The smallest absolute Gasteiger partial charge is 0.330 e. The van der Waals surface area contributed by atoms with Crippen LogP contribution in [-0.2, 0) is 9.47 Å². The molecule has 2 N–H and O–H groups in total. The Morgan fingerprint density at radius 2 is 2.19 bits per heavy atom. The van der Waals surface area contributed by atoms with E-state index in [0.717, 1.165) is 30.8 Å².